The van der Waals surface area contributed by atoms with Gasteiger partial charge in [0.05, 0.1) is 6.42 Å². The minimum atomic E-state index is -0.714. The highest BCUT2D eigenvalue weighted by Crippen LogP contribution is 2.28. The van der Waals surface area contributed by atoms with Crippen molar-refractivity contribution < 1.29 is 9.90 Å². The van der Waals surface area contributed by atoms with E-state index in [1.54, 1.807) is 0 Å². The second-order valence-corrected chi connectivity index (χ2v) is 6.07. The predicted octanol–water partition coefficient (Wildman–Crippen LogP) is 2.60. The molecule has 5 heteroatoms. The Hall–Kier alpha value is -0.910. The van der Waals surface area contributed by atoms with Crippen LogP contribution in [0.2, 0.25) is 0 Å². The number of hydrogen-bond donors (Lipinski definition) is 1. The molecule has 0 radical (unpaired) electrons. The molecule has 110 valence electrons. The molecule has 2 rings (SSSR count). The first-order valence-electron chi connectivity index (χ1n) is 7.00. The van der Waals surface area contributed by atoms with Crippen LogP contribution in [0.15, 0.2) is 28.7 Å². The Labute approximate surface area is 128 Å². The third-order valence-corrected chi connectivity index (χ3v) is 4.67. The summed E-state index contributed by atoms with van der Waals surface area (Å²) in [4.78, 5) is 15.3. The summed E-state index contributed by atoms with van der Waals surface area (Å²) >= 11 is 3.61. The summed E-state index contributed by atoms with van der Waals surface area (Å²) in [5.74, 6) is -0.714. The summed E-state index contributed by atoms with van der Waals surface area (Å²) in [6.07, 6.45) is 0.236. The number of nitrogens with zero attached hydrogens (tertiary/aromatic N) is 2. The molecule has 20 heavy (non-hydrogen) atoms. The van der Waals surface area contributed by atoms with Crippen LogP contribution in [0.4, 0.5) is 0 Å². The highest BCUT2D eigenvalue weighted by molar-refractivity contribution is 9.10. The van der Waals surface area contributed by atoms with E-state index in [4.69, 9.17) is 5.11 Å². The van der Waals surface area contributed by atoms with E-state index in [2.05, 4.69) is 50.9 Å². The lowest BCUT2D eigenvalue weighted by Gasteiger charge is -2.38. The molecule has 1 aromatic carbocycles. The van der Waals surface area contributed by atoms with Crippen molar-refractivity contribution >= 4 is 21.9 Å². The normalized spacial score (nSPS) is 18.9. The fraction of sp³-hybridized carbons (Fsp3) is 0.533. The summed E-state index contributed by atoms with van der Waals surface area (Å²) in [5.41, 5.74) is 1.31. The molecule has 1 aliphatic rings. The molecule has 0 saturated carbocycles. The SMILES string of the molecule is CC(c1ccccc1Br)N1CCN(CCC(=O)O)CC1. The van der Waals surface area contributed by atoms with Gasteiger partial charge in [-0.2, -0.15) is 0 Å². The zero-order valence-electron chi connectivity index (χ0n) is 11.8. The highest BCUT2D eigenvalue weighted by atomic mass is 79.9. The zero-order chi connectivity index (χ0) is 14.5. The molecule has 0 amide bonds. The van der Waals surface area contributed by atoms with Crippen LogP contribution in [0.1, 0.15) is 24.9 Å². The van der Waals surface area contributed by atoms with E-state index in [0.717, 1.165) is 30.7 Å². The Kier molecular flexibility index (Phi) is 5.57. The fourth-order valence-electron chi connectivity index (χ4n) is 2.64. The van der Waals surface area contributed by atoms with Gasteiger partial charge in [-0.05, 0) is 18.6 Å². The Balaban J connectivity index is 1.87. The molecule has 0 aromatic heterocycles. The standard InChI is InChI=1S/C15H21BrN2O2/c1-12(13-4-2-3-5-14(13)16)18-10-8-17(9-11-18)7-6-15(19)20/h2-5,12H,6-11H2,1H3,(H,19,20). The molecule has 1 aromatic rings. The van der Waals surface area contributed by atoms with Gasteiger partial charge in [-0.15, -0.1) is 0 Å². The van der Waals surface area contributed by atoms with Gasteiger partial charge >= 0.3 is 5.97 Å². The predicted molar refractivity (Wildman–Crippen MR) is 82.8 cm³/mol. The lowest BCUT2D eigenvalue weighted by molar-refractivity contribution is -0.137. The molecular weight excluding hydrogens is 320 g/mol. The van der Waals surface area contributed by atoms with Gasteiger partial charge in [0.25, 0.3) is 0 Å². The van der Waals surface area contributed by atoms with Crippen molar-refractivity contribution in [1.29, 1.82) is 0 Å². The van der Waals surface area contributed by atoms with Gasteiger partial charge < -0.3 is 10.0 Å². The van der Waals surface area contributed by atoms with Crippen molar-refractivity contribution in [2.24, 2.45) is 0 Å². The van der Waals surface area contributed by atoms with E-state index >= 15 is 0 Å². The topological polar surface area (TPSA) is 43.8 Å². The van der Waals surface area contributed by atoms with Crippen LogP contribution >= 0.6 is 15.9 Å². The van der Waals surface area contributed by atoms with Crippen LogP contribution in [0.5, 0.6) is 0 Å². The zero-order valence-corrected chi connectivity index (χ0v) is 13.3. The second-order valence-electron chi connectivity index (χ2n) is 5.22. The smallest absolute Gasteiger partial charge is 0.304 e. The molecule has 1 unspecified atom stereocenters. The number of carboxylic acid groups (broad SMARTS) is 1. The van der Waals surface area contributed by atoms with E-state index < -0.39 is 5.97 Å². The Morgan fingerprint density at radius 2 is 1.95 bits per heavy atom. The van der Waals surface area contributed by atoms with Gasteiger partial charge in [-0.25, -0.2) is 0 Å². The molecule has 1 N–H and O–H groups in total. The summed E-state index contributed by atoms with van der Waals surface area (Å²) in [7, 11) is 0. The number of carbonyl (C=O) groups is 1. The number of rotatable bonds is 5. The van der Waals surface area contributed by atoms with Crippen molar-refractivity contribution in [2.75, 3.05) is 32.7 Å². The molecule has 1 aliphatic heterocycles. The van der Waals surface area contributed by atoms with Crippen molar-refractivity contribution in [3.05, 3.63) is 34.3 Å². The van der Waals surface area contributed by atoms with Crippen molar-refractivity contribution in [1.82, 2.24) is 9.80 Å². The van der Waals surface area contributed by atoms with Crippen LogP contribution < -0.4 is 0 Å². The number of hydrogen-bond acceptors (Lipinski definition) is 3. The molecule has 1 fully saturated rings. The van der Waals surface area contributed by atoms with Crippen LogP contribution in [-0.2, 0) is 4.79 Å². The number of halogens is 1. The van der Waals surface area contributed by atoms with Crippen LogP contribution in [-0.4, -0.2) is 53.6 Å². The van der Waals surface area contributed by atoms with Crippen molar-refractivity contribution in [2.45, 2.75) is 19.4 Å². The van der Waals surface area contributed by atoms with Gasteiger partial charge in [0, 0.05) is 43.2 Å². The van der Waals surface area contributed by atoms with Crippen molar-refractivity contribution in [3.8, 4) is 0 Å². The lowest BCUT2D eigenvalue weighted by atomic mass is 10.1. The van der Waals surface area contributed by atoms with E-state index in [0.29, 0.717) is 12.6 Å². The average Bonchev–Trinajstić information content (AvgIpc) is 2.45. The largest absolute Gasteiger partial charge is 0.481 e. The van der Waals surface area contributed by atoms with Crippen LogP contribution in [0.25, 0.3) is 0 Å². The Bertz CT molecular complexity index is 459. The number of piperazine rings is 1. The monoisotopic (exact) mass is 340 g/mol. The molecule has 1 heterocycles. The molecule has 0 aliphatic carbocycles. The van der Waals surface area contributed by atoms with Gasteiger partial charge in [0.1, 0.15) is 0 Å². The maximum atomic E-state index is 10.6. The second kappa shape index (κ2) is 7.20. The maximum Gasteiger partial charge on any atom is 0.304 e. The maximum absolute atomic E-state index is 10.6. The van der Waals surface area contributed by atoms with Gasteiger partial charge in [0.15, 0.2) is 0 Å². The van der Waals surface area contributed by atoms with Crippen LogP contribution in [0.3, 0.4) is 0 Å². The fourth-order valence-corrected chi connectivity index (χ4v) is 3.25. The van der Waals surface area contributed by atoms with Gasteiger partial charge in [0.2, 0.25) is 0 Å². The molecule has 1 atom stereocenters. The first kappa shape index (κ1) is 15.5. The summed E-state index contributed by atoms with van der Waals surface area (Å²) in [6.45, 7) is 6.76. The number of carboxylic acids is 1. The third-order valence-electron chi connectivity index (χ3n) is 3.95. The summed E-state index contributed by atoms with van der Waals surface area (Å²) < 4.78 is 1.15. The average molecular weight is 341 g/mol. The van der Waals surface area contributed by atoms with E-state index in [-0.39, 0.29) is 6.42 Å². The summed E-state index contributed by atoms with van der Waals surface area (Å²) in [5, 5.41) is 8.72. The number of benzene rings is 1. The van der Waals surface area contributed by atoms with E-state index in [1.807, 2.05) is 6.07 Å². The van der Waals surface area contributed by atoms with E-state index in [9.17, 15) is 4.79 Å². The lowest BCUT2D eigenvalue weighted by Crippen LogP contribution is -2.47. The third kappa shape index (κ3) is 4.04. The highest BCUT2D eigenvalue weighted by Gasteiger charge is 2.23. The summed E-state index contributed by atoms with van der Waals surface area (Å²) in [6, 6.07) is 8.72. The minimum Gasteiger partial charge on any atom is -0.481 e. The number of aliphatic carboxylic acids is 1. The van der Waals surface area contributed by atoms with Crippen LogP contribution in [0, 0.1) is 0 Å². The quantitative estimate of drug-likeness (QED) is 0.894. The molecule has 0 bridgehead atoms. The van der Waals surface area contributed by atoms with Gasteiger partial charge in [-0.1, -0.05) is 34.1 Å². The Morgan fingerprint density at radius 3 is 2.55 bits per heavy atom. The van der Waals surface area contributed by atoms with Crippen molar-refractivity contribution in [3.63, 3.8) is 0 Å². The van der Waals surface area contributed by atoms with E-state index in [1.165, 1.54) is 5.56 Å². The molecule has 4 nitrogen and oxygen atoms in total. The molecule has 0 spiro atoms. The van der Waals surface area contributed by atoms with Gasteiger partial charge in [-0.3, -0.25) is 9.69 Å². The minimum absolute atomic E-state index is 0.236. The first-order valence-corrected chi connectivity index (χ1v) is 7.80. The molecular formula is C15H21BrN2O2. The molecule has 1 saturated heterocycles. The Morgan fingerprint density at radius 1 is 1.30 bits per heavy atom. The first-order chi connectivity index (χ1) is 9.58.